The zero-order chi connectivity index (χ0) is 23.9. The molecule has 2 aromatic carbocycles. The maximum Gasteiger partial charge on any atom is 0.274 e. The number of aliphatic hydroxyl groups excluding tert-OH is 2. The van der Waals surface area contributed by atoms with Gasteiger partial charge < -0.3 is 20.3 Å². The highest BCUT2D eigenvalue weighted by Crippen LogP contribution is 2.32. The first-order chi connectivity index (χ1) is 16.3. The number of aromatic nitrogens is 4. The van der Waals surface area contributed by atoms with Crippen molar-refractivity contribution < 1.29 is 23.4 Å². The van der Waals surface area contributed by atoms with Crippen LogP contribution in [-0.4, -0.2) is 63.0 Å². The Bertz CT molecular complexity index is 1440. The first kappa shape index (κ1) is 22.6. The standard InChI is InChI=1S/C21H23N7O5S/c22-34(31,32)27-9-15-17(29)18(30)21(33-15)28-11-26-16-19(24-10-25-20(16)28)23-8-13-6-3-5-12-4-1-2-7-14(12)13/h1-7,10-11,15,17-18,21,27,29-30H,8-9H2,(H2,22,31,32)(H,23,24,25)/t15-,17-,18-,21-/m1/s1. The Morgan fingerprint density at radius 3 is 2.68 bits per heavy atom. The lowest BCUT2D eigenvalue weighted by atomic mass is 10.0. The highest BCUT2D eigenvalue weighted by molar-refractivity contribution is 7.87. The van der Waals surface area contributed by atoms with Crippen molar-refractivity contribution in [3.8, 4) is 0 Å². The smallest absolute Gasteiger partial charge is 0.274 e. The fraction of sp³-hybridized carbons (Fsp3) is 0.286. The van der Waals surface area contributed by atoms with E-state index in [1.165, 1.54) is 17.2 Å². The zero-order valence-corrected chi connectivity index (χ0v) is 18.6. The molecule has 0 unspecified atom stereocenters. The van der Waals surface area contributed by atoms with Crippen LogP contribution in [0.15, 0.2) is 55.1 Å². The number of hydrogen-bond acceptors (Lipinski definition) is 9. The molecule has 13 heteroatoms. The Kier molecular flexibility index (Phi) is 5.89. The summed E-state index contributed by atoms with van der Waals surface area (Å²) in [5.74, 6) is 0.497. The lowest BCUT2D eigenvalue weighted by molar-refractivity contribution is -0.0330. The van der Waals surface area contributed by atoms with Gasteiger partial charge in [0.1, 0.15) is 24.6 Å². The summed E-state index contributed by atoms with van der Waals surface area (Å²) in [7, 11) is -3.98. The molecule has 0 aliphatic carbocycles. The molecular weight excluding hydrogens is 462 g/mol. The van der Waals surface area contributed by atoms with Crippen LogP contribution in [-0.2, 0) is 21.5 Å². The average molecular weight is 486 g/mol. The van der Waals surface area contributed by atoms with Crippen LogP contribution in [0.4, 0.5) is 5.82 Å². The van der Waals surface area contributed by atoms with Crippen molar-refractivity contribution in [3.05, 3.63) is 60.7 Å². The number of rotatable bonds is 7. The normalized spacial score (nSPS) is 23.0. The molecule has 178 valence electrons. The van der Waals surface area contributed by atoms with Gasteiger partial charge in [0.05, 0.1) is 6.33 Å². The molecule has 1 fully saturated rings. The van der Waals surface area contributed by atoms with Crippen molar-refractivity contribution in [2.24, 2.45) is 5.14 Å². The Labute approximate surface area is 194 Å². The van der Waals surface area contributed by atoms with Gasteiger partial charge >= 0.3 is 0 Å². The van der Waals surface area contributed by atoms with E-state index in [1.807, 2.05) is 24.3 Å². The highest BCUT2D eigenvalue weighted by Gasteiger charge is 2.44. The minimum Gasteiger partial charge on any atom is -0.387 e. The molecule has 2 aromatic heterocycles. The average Bonchev–Trinajstić information content (AvgIpc) is 3.37. The molecule has 0 radical (unpaired) electrons. The second-order valence-electron chi connectivity index (χ2n) is 7.98. The van der Waals surface area contributed by atoms with Crippen LogP contribution >= 0.6 is 0 Å². The molecule has 1 saturated heterocycles. The van der Waals surface area contributed by atoms with E-state index in [9.17, 15) is 18.6 Å². The van der Waals surface area contributed by atoms with E-state index in [0.29, 0.717) is 23.5 Å². The molecule has 0 spiro atoms. The van der Waals surface area contributed by atoms with Crippen LogP contribution in [0.5, 0.6) is 0 Å². The molecule has 3 heterocycles. The van der Waals surface area contributed by atoms with Crippen LogP contribution in [0, 0.1) is 0 Å². The third-order valence-electron chi connectivity index (χ3n) is 5.78. The lowest BCUT2D eigenvalue weighted by Gasteiger charge is -2.16. The topological polar surface area (TPSA) is 178 Å². The Morgan fingerprint density at radius 1 is 1.06 bits per heavy atom. The summed E-state index contributed by atoms with van der Waals surface area (Å²) in [5, 5.41) is 31.3. The van der Waals surface area contributed by atoms with Crippen molar-refractivity contribution in [1.29, 1.82) is 0 Å². The summed E-state index contributed by atoms with van der Waals surface area (Å²) < 4.78 is 31.6. The van der Waals surface area contributed by atoms with E-state index in [0.717, 1.165) is 16.3 Å². The maximum absolute atomic E-state index is 11.2. The second-order valence-corrected chi connectivity index (χ2v) is 9.36. The Morgan fingerprint density at radius 2 is 1.85 bits per heavy atom. The summed E-state index contributed by atoms with van der Waals surface area (Å²) in [4.78, 5) is 13.0. The van der Waals surface area contributed by atoms with Crippen molar-refractivity contribution in [2.45, 2.75) is 31.1 Å². The largest absolute Gasteiger partial charge is 0.387 e. The van der Waals surface area contributed by atoms with Gasteiger partial charge in [0, 0.05) is 13.1 Å². The van der Waals surface area contributed by atoms with E-state index in [1.54, 1.807) is 0 Å². The summed E-state index contributed by atoms with van der Waals surface area (Å²) in [5.41, 5.74) is 1.93. The van der Waals surface area contributed by atoms with Gasteiger partial charge in [-0.05, 0) is 16.3 Å². The zero-order valence-electron chi connectivity index (χ0n) is 17.8. The number of hydrogen-bond donors (Lipinski definition) is 5. The molecule has 0 amide bonds. The monoisotopic (exact) mass is 485 g/mol. The molecule has 5 rings (SSSR count). The fourth-order valence-electron chi connectivity index (χ4n) is 4.12. The predicted octanol–water partition coefficient (Wildman–Crippen LogP) is 0.00390. The number of aliphatic hydroxyl groups is 2. The number of fused-ring (bicyclic) bond motifs is 2. The first-order valence-corrected chi connectivity index (χ1v) is 12.0. The van der Waals surface area contributed by atoms with Crippen LogP contribution in [0.2, 0.25) is 0 Å². The van der Waals surface area contributed by atoms with Crippen LogP contribution in [0.1, 0.15) is 11.8 Å². The summed E-state index contributed by atoms with van der Waals surface area (Å²) >= 11 is 0. The number of nitrogens with zero attached hydrogens (tertiary/aromatic N) is 4. The number of ether oxygens (including phenoxy) is 1. The van der Waals surface area contributed by atoms with Gasteiger partial charge in [-0.3, -0.25) is 4.57 Å². The lowest BCUT2D eigenvalue weighted by Crippen LogP contribution is -2.42. The minimum absolute atomic E-state index is 0.299. The molecule has 1 aliphatic rings. The molecule has 6 N–H and O–H groups in total. The van der Waals surface area contributed by atoms with E-state index in [2.05, 4.69) is 43.2 Å². The van der Waals surface area contributed by atoms with Gasteiger partial charge in [-0.25, -0.2) is 20.1 Å². The van der Waals surface area contributed by atoms with Crippen molar-refractivity contribution in [2.75, 3.05) is 11.9 Å². The Hall–Kier alpha value is -3.20. The number of nitrogens with one attached hydrogen (secondary N) is 2. The van der Waals surface area contributed by atoms with Crippen LogP contribution < -0.4 is 15.2 Å². The van der Waals surface area contributed by atoms with Crippen LogP contribution in [0.25, 0.3) is 21.9 Å². The fourth-order valence-corrected chi connectivity index (χ4v) is 4.52. The first-order valence-electron chi connectivity index (χ1n) is 10.5. The summed E-state index contributed by atoms with van der Waals surface area (Å²) in [6, 6.07) is 14.2. The van der Waals surface area contributed by atoms with Gasteiger partial charge in [-0.15, -0.1) is 0 Å². The molecule has 4 aromatic rings. The van der Waals surface area contributed by atoms with Gasteiger partial charge in [0.2, 0.25) is 0 Å². The number of nitrogens with two attached hydrogens (primary N) is 1. The van der Waals surface area contributed by atoms with E-state index in [4.69, 9.17) is 9.88 Å². The van der Waals surface area contributed by atoms with Crippen molar-refractivity contribution >= 4 is 38.0 Å². The van der Waals surface area contributed by atoms with Gasteiger partial charge in [-0.1, -0.05) is 42.5 Å². The predicted molar refractivity (Wildman–Crippen MR) is 124 cm³/mol. The molecule has 1 aliphatic heterocycles. The van der Waals surface area contributed by atoms with Crippen LogP contribution in [0.3, 0.4) is 0 Å². The number of anilines is 1. The molecule has 0 saturated carbocycles. The van der Waals surface area contributed by atoms with Crippen molar-refractivity contribution in [3.63, 3.8) is 0 Å². The minimum atomic E-state index is -3.98. The molecule has 0 bridgehead atoms. The number of benzene rings is 2. The highest BCUT2D eigenvalue weighted by atomic mass is 32.2. The maximum atomic E-state index is 11.2. The second kappa shape index (κ2) is 8.87. The molecule has 12 nitrogen and oxygen atoms in total. The number of imidazole rings is 1. The van der Waals surface area contributed by atoms with Crippen molar-refractivity contribution in [1.82, 2.24) is 24.2 Å². The van der Waals surface area contributed by atoms with E-state index >= 15 is 0 Å². The van der Waals surface area contributed by atoms with Gasteiger partial charge in [0.15, 0.2) is 23.2 Å². The molecule has 34 heavy (non-hydrogen) atoms. The van der Waals surface area contributed by atoms with E-state index < -0.39 is 34.7 Å². The summed E-state index contributed by atoms with van der Waals surface area (Å²) in [6.07, 6.45) is -1.94. The summed E-state index contributed by atoms with van der Waals surface area (Å²) in [6.45, 7) is 0.204. The third kappa shape index (κ3) is 4.32. The quantitative estimate of drug-likeness (QED) is 0.241. The SMILES string of the molecule is NS(=O)(=O)NC[C@H]1O[C@@H](n2cnc3c(NCc4cccc5ccccc45)ncnc32)[C@H](O)[C@@H]1O. The third-order valence-corrected chi connectivity index (χ3v) is 6.35. The molecular formula is C21H23N7O5S. The molecule has 4 atom stereocenters. The van der Waals surface area contributed by atoms with Gasteiger partial charge in [-0.2, -0.15) is 13.1 Å². The van der Waals surface area contributed by atoms with E-state index in [-0.39, 0.29) is 6.54 Å². The van der Waals surface area contributed by atoms with Gasteiger partial charge in [0.25, 0.3) is 10.2 Å². The Balaban J connectivity index is 1.38.